The highest BCUT2D eigenvalue weighted by molar-refractivity contribution is 5.64. The molecule has 0 aliphatic rings. The lowest BCUT2D eigenvalue weighted by Gasteiger charge is -1.99. The lowest BCUT2D eigenvalue weighted by Crippen LogP contribution is -1.92. The molecule has 2 heterocycles. The standard InChI is InChI=1S/C12H11N5O2/c1-17-5-4-14-11(17)10-15-12(19-16-10)7-2-3-8(13)9(18)6-7/h2-6,18H,13H2,1H3. The first-order chi connectivity index (χ1) is 9.15. The zero-order chi connectivity index (χ0) is 13.4. The van der Waals surface area contributed by atoms with Crippen molar-refractivity contribution in [2.75, 3.05) is 5.73 Å². The quantitative estimate of drug-likeness (QED) is 0.531. The van der Waals surface area contributed by atoms with Gasteiger partial charge in [0.25, 0.3) is 5.89 Å². The smallest absolute Gasteiger partial charge is 0.258 e. The zero-order valence-corrected chi connectivity index (χ0v) is 10.1. The van der Waals surface area contributed by atoms with E-state index in [1.54, 1.807) is 29.1 Å². The highest BCUT2D eigenvalue weighted by atomic mass is 16.5. The fraction of sp³-hybridized carbons (Fsp3) is 0.0833. The zero-order valence-electron chi connectivity index (χ0n) is 10.1. The number of aromatic hydroxyl groups is 1. The summed E-state index contributed by atoms with van der Waals surface area (Å²) in [5.74, 6) is 1.27. The van der Waals surface area contributed by atoms with E-state index < -0.39 is 0 Å². The van der Waals surface area contributed by atoms with E-state index >= 15 is 0 Å². The molecule has 0 fully saturated rings. The maximum Gasteiger partial charge on any atom is 0.258 e. The van der Waals surface area contributed by atoms with Crippen LogP contribution in [0, 0.1) is 0 Å². The van der Waals surface area contributed by atoms with Gasteiger partial charge in [0, 0.05) is 25.0 Å². The van der Waals surface area contributed by atoms with Crippen LogP contribution in [0.15, 0.2) is 35.1 Å². The molecule has 0 atom stereocenters. The summed E-state index contributed by atoms with van der Waals surface area (Å²) in [6, 6.07) is 4.76. The van der Waals surface area contributed by atoms with Crippen molar-refractivity contribution in [1.82, 2.24) is 19.7 Å². The number of nitrogens with zero attached hydrogens (tertiary/aromatic N) is 4. The predicted octanol–water partition coefficient (Wildman–Crippen LogP) is 1.42. The molecule has 0 saturated carbocycles. The van der Waals surface area contributed by atoms with Crippen LogP contribution in [0.2, 0.25) is 0 Å². The SMILES string of the molecule is Cn1ccnc1-c1noc(-c2ccc(N)c(O)c2)n1. The average Bonchev–Trinajstić information content (AvgIpc) is 3.01. The third-order valence-corrected chi connectivity index (χ3v) is 2.72. The third-order valence-electron chi connectivity index (χ3n) is 2.72. The number of nitrogens with two attached hydrogens (primary N) is 1. The number of hydrogen-bond acceptors (Lipinski definition) is 6. The second kappa shape index (κ2) is 4.13. The van der Waals surface area contributed by atoms with Crippen molar-refractivity contribution >= 4 is 5.69 Å². The molecular weight excluding hydrogens is 246 g/mol. The molecule has 3 aromatic rings. The molecule has 0 aliphatic carbocycles. The summed E-state index contributed by atoms with van der Waals surface area (Å²) in [6.45, 7) is 0. The van der Waals surface area contributed by atoms with Gasteiger partial charge in [-0.05, 0) is 18.2 Å². The molecule has 7 heteroatoms. The van der Waals surface area contributed by atoms with Crippen molar-refractivity contribution in [2.24, 2.45) is 7.05 Å². The molecule has 1 aromatic carbocycles. The molecule has 19 heavy (non-hydrogen) atoms. The summed E-state index contributed by atoms with van der Waals surface area (Å²) < 4.78 is 6.94. The van der Waals surface area contributed by atoms with Crippen LogP contribution in [0.4, 0.5) is 5.69 Å². The van der Waals surface area contributed by atoms with E-state index in [2.05, 4.69) is 15.1 Å². The van der Waals surface area contributed by atoms with Crippen LogP contribution in [-0.2, 0) is 7.05 Å². The second-order valence-electron chi connectivity index (χ2n) is 4.06. The molecule has 0 radical (unpaired) electrons. The van der Waals surface area contributed by atoms with Crippen LogP contribution in [0.25, 0.3) is 23.1 Å². The molecule has 7 nitrogen and oxygen atoms in total. The Morgan fingerprint density at radius 3 is 2.89 bits per heavy atom. The van der Waals surface area contributed by atoms with Crippen LogP contribution < -0.4 is 5.73 Å². The van der Waals surface area contributed by atoms with Crippen LogP contribution in [0.1, 0.15) is 0 Å². The maximum atomic E-state index is 9.56. The van der Waals surface area contributed by atoms with Crippen LogP contribution in [0.5, 0.6) is 5.75 Å². The minimum Gasteiger partial charge on any atom is -0.506 e. The van der Waals surface area contributed by atoms with Crippen LogP contribution in [0.3, 0.4) is 0 Å². The molecule has 0 aliphatic heterocycles. The monoisotopic (exact) mass is 257 g/mol. The molecular formula is C12H11N5O2. The topological polar surface area (TPSA) is 103 Å². The van der Waals surface area contributed by atoms with E-state index in [9.17, 15) is 5.11 Å². The van der Waals surface area contributed by atoms with Crippen molar-refractivity contribution in [3.05, 3.63) is 30.6 Å². The van der Waals surface area contributed by atoms with Gasteiger partial charge < -0.3 is 19.9 Å². The van der Waals surface area contributed by atoms with Gasteiger partial charge in [-0.15, -0.1) is 0 Å². The lowest BCUT2D eigenvalue weighted by molar-refractivity contribution is 0.431. The Kier molecular flexibility index (Phi) is 2.45. The van der Waals surface area contributed by atoms with Gasteiger partial charge in [0.1, 0.15) is 5.75 Å². The van der Waals surface area contributed by atoms with Gasteiger partial charge in [-0.3, -0.25) is 0 Å². The molecule has 2 aromatic heterocycles. The first kappa shape index (κ1) is 11.3. The van der Waals surface area contributed by atoms with Crippen LogP contribution >= 0.6 is 0 Å². The molecule has 0 amide bonds. The lowest BCUT2D eigenvalue weighted by atomic mass is 10.2. The first-order valence-corrected chi connectivity index (χ1v) is 5.55. The second-order valence-corrected chi connectivity index (χ2v) is 4.06. The molecule has 0 saturated heterocycles. The summed E-state index contributed by atoms with van der Waals surface area (Å²) in [7, 11) is 1.84. The number of anilines is 1. The number of nitrogen functional groups attached to an aromatic ring is 1. The normalized spacial score (nSPS) is 10.8. The fourth-order valence-corrected chi connectivity index (χ4v) is 1.69. The fourth-order valence-electron chi connectivity index (χ4n) is 1.69. The van der Waals surface area contributed by atoms with Gasteiger partial charge in [-0.1, -0.05) is 5.16 Å². The maximum absolute atomic E-state index is 9.56. The Bertz CT molecular complexity index is 731. The van der Waals surface area contributed by atoms with E-state index in [-0.39, 0.29) is 5.75 Å². The summed E-state index contributed by atoms with van der Waals surface area (Å²) in [6.07, 6.45) is 3.45. The van der Waals surface area contributed by atoms with Crippen molar-refractivity contribution < 1.29 is 9.63 Å². The number of phenolic OH excluding ortho intramolecular Hbond substituents is 1. The van der Waals surface area contributed by atoms with Gasteiger partial charge in [0.05, 0.1) is 5.69 Å². The highest BCUT2D eigenvalue weighted by Gasteiger charge is 2.14. The van der Waals surface area contributed by atoms with Crippen molar-refractivity contribution in [1.29, 1.82) is 0 Å². The van der Waals surface area contributed by atoms with Crippen molar-refractivity contribution in [3.8, 4) is 28.9 Å². The van der Waals surface area contributed by atoms with Gasteiger partial charge in [-0.2, -0.15) is 4.98 Å². The molecule has 0 unspecified atom stereocenters. The van der Waals surface area contributed by atoms with E-state index in [1.807, 2.05) is 7.05 Å². The molecule has 0 bridgehead atoms. The van der Waals surface area contributed by atoms with Crippen molar-refractivity contribution in [2.45, 2.75) is 0 Å². The van der Waals surface area contributed by atoms with E-state index in [0.717, 1.165) is 0 Å². The summed E-state index contributed by atoms with van der Waals surface area (Å²) in [4.78, 5) is 8.37. The molecule has 96 valence electrons. The van der Waals surface area contributed by atoms with Crippen LogP contribution in [-0.4, -0.2) is 24.8 Å². The molecule has 0 spiro atoms. The Labute approximate surface area is 108 Å². The Balaban J connectivity index is 2.01. The highest BCUT2D eigenvalue weighted by Crippen LogP contribution is 2.27. The number of aryl methyl sites for hydroxylation is 1. The Hall–Kier alpha value is -2.83. The number of rotatable bonds is 2. The molecule has 3 N–H and O–H groups in total. The van der Waals surface area contributed by atoms with E-state index in [4.69, 9.17) is 10.3 Å². The number of benzene rings is 1. The summed E-state index contributed by atoms with van der Waals surface area (Å²) in [5.41, 5.74) is 6.43. The third kappa shape index (κ3) is 1.90. The summed E-state index contributed by atoms with van der Waals surface area (Å²) in [5, 5.41) is 13.4. The Morgan fingerprint density at radius 2 is 2.21 bits per heavy atom. The number of hydrogen-bond donors (Lipinski definition) is 2. The van der Waals surface area contributed by atoms with Gasteiger partial charge in [0.15, 0.2) is 5.82 Å². The first-order valence-electron chi connectivity index (χ1n) is 5.55. The van der Waals surface area contributed by atoms with Gasteiger partial charge in [-0.25, -0.2) is 4.98 Å². The number of phenols is 1. The minimum atomic E-state index is -0.0192. The number of aromatic nitrogens is 4. The average molecular weight is 257 g/mol. The van der Waals surface area contributed by atoms with Gasteiger partial charge >= 0.3 is 0 Å². The molecule has 3 rings (SSSR count). The van der Waals surface area contributed by atoms with Crippen molar-refractivity contribution in [3.63, 3.8) is 0 Å². The number of imidazole rings is 1. The van der Waals surface area contributed by atoms with E-state index in [1.165, 1.54) is 6.07 Å². The summed E-state index contributed by atoms with van der Waals surface area (Å²) >= 11 is 0. The largest absolute Gasteiger partial charge is 0.506 e. The Morgan fingerprint density at radius 1 is 1.37 bits per heavy atom. The van der Waals surface area contributed by atoms with Gasteiger partial charge in [0.2, 0.25) is 5.82 Å². The predicted molar refractivity (Wildman–Crippen MR) is 68.0 cm³/mol. The van der Waals surface area contributed by atoms with E-state index in [0.29, 0.717) is 28.8 Å². The minimum absolute atomic E-state index is 0.0192.